The van der Waals surface area contributed by atoms with Crippen LogP contribution in [0.1, 0.15) is 35.4 Å². The Kier molecular flexibility index (Phi) is 9.58. The summed E-state index contributed by atoms with van der Waals surface area (Å²) in [6, 6.07) is 14.4. The van der Waals surface area contributed by atoms with E-state index in [1.165, 1.54) is 62.8 Å². The number of aromatic hydroxyl groups is 1. The molecule has 14 nitrogen and oxygen atoms in total. The second kappa shape index (κ2) is 14.3. The maximum atomic E-state index is 15.5. The number of halogens is 5. The van der Waals surface area contributed by atoms with Crippen LogP contribution in [-0.4, -0.2) is 57.9 Å². The number of amides is 4. The van der Waals surface area contributed by atoms with Gasteiger partial charge in [-0.3, -0.25) is 39.6 Å². The number of nitro groups is 1. The van der Waals surface area contributed by atoms with Gasteiger partial charge in [-0.1, -0.05) is 47.0 Å². The number of fused-ring (bicyclic) bond motifs is 4. The van der Waals surface area contributed by atoms with Crippen molar-refractivity contribution in [2.75, 3.05) is 24.5 Å². The number of carbonyl (C=O) groups excluding carboxylic acids is 4. The molecule has 0 bridgehead atoms. The molecule has 1 saturated carbocycles. The van der Waals surface area contributed by atoms with Crippen LogP contribution in [-0.2, 0) is 30.8 Å². The number of benzene rings is 3. The van der Waals surface area contributed by atoms with E-state index in [1.54, 1.807) is 18.2 Å². The number of non-ortho nitro benzene ring substituents is 1. The molecule has 6 unspecified atom stereocenters. The van der Waals surface area contributed by atoms with Gasteiger partial charge in [0.1, 0.15) is 17.2 Å². The van der Waals surface area contributed by atoms with Crippen molar-refractivity contribution in [3.63, 3.8) is 0 Å². The first kappa shape index (κ1) is 39.6. The van der Waals surface area contributed by atoms with Crippen LogP contribution in [0.5, 0.6) is 17.2 Å². The highest BCUT2D eigenvalue weighted by molar-refractivity contribution is 6.33. The lowest BCUT2D eigenvalue weighted by molar-refractivity contribution is -0.384. The van der Waals surface area contributed by atoms with Gasteiger partial charge in [-0.2, -0.15) is 18.2 Å². The molecule has 19 heteroatoms. The van der Waals surface area contributed by atoms with Crippen molar-refractivity contribution in [1.82, 2.24) is 9.99 Å². The Labute approximate surface area is 342 Å². The molecular formula is C40H30Cl2F3N5O9. The fourth-order valence-corrected chi connectivity index (χ4v) is 9.57. The predicted octanol–water partition coefficient (Wildman–Crippen LogP) is 7.23. The summed E-state index contributed by atoms with van der Waals surface area (Å²) in [4.78, 5) is 74.5. The summed E-state index contributed by atoms with van der Waals surface area (Å²) in [6.45, 7) is 0. The average Bonchev–Trinajstić information content (AvgIpc) is 3.58. The Hall–Kier alpha value is -6.20. The molecule has 3 aromatic carbocycles. The second-order valence-corrected chi connectivity index (χ2v) is 15.3. The number of aromatic nitrogens is 1. The Balaban J connectivity index is 1.33. The first-order chi connectivity index (χ1) is 28.0. The fourth-order valence-electron chi connectivity index (χ4n) is 9.24. The summed E-state index contributed by atoms with van der Waals surface area (Å²) < 4.78 is 51.8. The van der Waals surface area contributed by atoms with Gasteiger partial charge in [-0.15, -0.1) is 0 Å². The van der Waals surface area contributed by atoms with Gasteiger partial charge in [0.05, 0.1) is 58.6 Å². The largest absolute Gasteiger partial charge is 0.507 e. The second-order valence-electron chi connectivity index (χ2n) is 14.5. The van der Waals surface area contributed by atoms with Gasteiger partial charge in [-0.25, -0.2) is 4.98 Å². The van der Waals surface area contributed by atoms with E-state index in [0.717, 1.165) is 4.90 Å². The maximum absolute atomic E-state index is 15.5. The molecule has 3 heterocycles. The van der Waals surface area contributed by atoms with Gasteiger partial charge in [0.2, 0.25) is 11.8 Å². The maximum Gasteiger partial charge on any atom is 0.417 e. The summed E-state index contributed by atoms with van der Waals surface area (Å²) in [5.41, 5.74) is -0.0217. The SMILES string of the molecule is COc1cc(O)c(C2C3=CCC4C(=O)N(c5ccc([N+](=O)[O-])cc5)C(=O)C4C3CC3C(=O)N(Nc4ncc(C(F)(F)F)cc4Cl)C(=O)C32c2ccc(Cl)cc2)c(OC)c1. The molecule has 3 fully saturated rings. The monoisotopic (exact) mass is 851 g/mol. The minimum Gasteiger partial charge on any atom is -0.507 e. The quantitative estimate of drug-likeness (QED) is 0.0790. The van der Waals surface area contributed by atoms with E-state index in [1.807, 2.05) is 0 Å². The highest BCUT2D eigenvalue weighted by atomic mass is 35.5. The molecule has 8 rings (SSSR count). The third kappa shape index (κ3) is 6.04. The van der Waals surface area contributed by atoms with Crippen molar-refractivity contribution >= 4 is 64.0 Å². The zero-order valence-electron chi connectivity index (χ0n) is 30.7. The Bertz CT molecular complexity index is 2500. The fraction of sp³-hybridized carbons (Fsp3) is 0.275. The summed E-state index contributed by atoms with van der Waals surface area (Å²) >= 11 is 12.6. The van der Waals surface area contributed by atoms with Gasteiger partial charge in [0.15, 0.2) is 5.82 Å². The number of hydrogen-bond donors (Lipinski definition) is 2. The van der Waals surface area contributed by atoms with Crippen LogP contribution in [0.15, 0.2) is 84.6 Å². The van der Waals surface area contributed by atoms with Crippen molar-refractivity contribution in [3.8, 4) is 17.2 Å². The molecule has 0 spiro atoms. The van der Waals surface area contributed by atoms with E-state index < -0.39 is 91.9 Å². The van der Waals surface area contributed by atoms with Gasteiger partial charge in [0, 0.05) is 47.0 Å². The lowest BCUT2D eigenvalue weighted by atomic mass is 9.49. The number of hydrogen-bond acceptors (Lipinski definition) is 11. The number of pyridine rings is 1. The van der Waals surface area contributed by atoms with Crippen LogP contribution in [0.2, 0.25) is 10.0 Å². The van der Waals surface area contributed by atoms with Crippen LogP contribution in [0, 0.1) is 33.8 Å². The van der Waals surface area contributed by atoms with Crippen molar-refractivity contribution < 1.29 is 51.9 Å². The zero-order chi connectivity index (χ0) is 42.3. The summed E-state index contributed by atoms with van der Waals surface area (Å²) in [5, 5.41) is 23.6. The molecule has 304 valence electrons. The van der Waals surface area contributed by atoms with E-state index in [0.29, 0.717) is 22.8 Å². The van der Waals surface area contributed by atoms with Crippen LogP contribution in [0.4, 0.5) is 30.4 Å². The van der Waals surface area contributed by atoms with Crippen molar-refractivity contribution in [1.29, 1.82) is 0 Å². The number of rotatable bonds is 8. The summed E-state index contributed by atoms with van der Waals surface area (Å²) in [5.74, 6) is -9.22. The minimum absolute atomic E-state index is 0.00314. The number of carbonyl (C=O) groups is 4. The Morgan fingerprint density at radius 1 is 0.949 bits per heavy atom. The highest BCUT2D eigenvalue weighted by Crippen LogP contribution is 2.66. The molecule has 6 atom stereocenters. The van der Waals surface area contributed by atoms with E-state index in [9.17, 15) is 42.8 Å². The van der Waals surface area contributed by atoms with E-state index in [2.05, 4.69) is 10.4 Å². The molecule has 1 aromatic heterocycles. The Morgan fingerprint density at radius 2 is 1.64 bits per heavy atom. The third-order valence-electron chi connectivity index (χ3n) is 11.7. The zero-order valence-corrected chi connectivity index (χ0v) is 32.2. The molecule has 2 N–H and O–H groups in total. The number of methoxy groups -OCH3 is 2. The van der Waals surface area contributed by atoms with Crippen LogP contribution >= 0.6 is 23.2 Å². The van der Waals surface area contributed by atoms with Gasteiger partial charge in [0.25, 0.3) is 17.5 Å². The number of anilines is 2. The molecule has 4 amide bonds. The van der Waals surface area contributed by atoms with Gasteiger partial charge >= 0.3 is 6.18 Å². The minimum atomic E-state index is -4.80. The first-order valence-corrected chi connectivity index (χ1v) is 18.7. The number of ether oxygens (including phenoxy) is 2. The summed E-state index contributed by atoms with van der Waals surface area (Å²) in [6.07, 6.45) is -2.79. The molecule has 2 aliphatic carbocycles. The van der Waals surface area contributed by atoms with Crippen molar-refractivity contribution in [2.45, 2.75) is 30.4 Å². The van der Waals surface area contributed by atoms with E-state index in [4.69, 9.17) is 32.7 Å². The first-order valence-electron chi connectivity index (χ1n) is 17.9. The highest BCUT2D eigenvalue weighted by Gasteiger charge is 2.71. The van der Waals surface area contributed by atoms with E-state index in [-0.39, 0.29) is 51.9 Å². The molecule has 2 saturated heterocycles. The normalized spacial score (nSPS) is 25.0. The molecule has 2 aliphatic heterocycles. The summed E-state index contributed by atoms with van der Waals surface area (Å²) in [7, 11) is 2.69. The Morgan fingerprint density at radius 3 is 2.25 bits per heavy atom. The van der Waals surface area contributed by atoms with Crippen molar-refractivity contribution in [3.05, 3.63) is 121 Å². The average molecular weight is 853 g/mol. The lowest BCUT2D eigenvalue weighted by Gasteiger charge is -2.50. The molecule has 59 heavy (non-hydrogen) atoms. The number of nitrogens with one attached hydrogen (secondary N) is 1. The standard InChI is InChI=1S/C40H30Cl2F3N5O9/c1-58-23-14-29(51)32(30(15-23)59-2)33-24-11-12-25-31(37(54)48(35(25)52)21-7-9-22(10-8-21)50(56)57)26(24)16-27-36(53)49(38(55)39(27,33)18-3-5-20(41)6-4-18)47-34-28(42)13-19(17-46-34)40(43,44)45/h3-11,13-15,17,25-27,31,33,51H,12,16H2,1-2H3,(H,46,47). The van der Waals surface area contributed by atoms with Gasteiger partial charge < -0.3 is 14.6 Å². The number of phenols is 1. The predicted molar refractivity (Wildman–Crippen MR) is 204 cm³/mol. The number of phenolic OH excluding ortho intramolecular Hbond substituents is 1. The van der Waals surface area contributed by atoms with Crippen LogP contribution < -0.4 is 19.8 Å². The third-order valence-corrected chi connectivity index (χ3v) is 12.3. The molecule has 4 aromatic rings. The van der Waals surface area contributed by atoms with Crippen LogP contribution in [0.25, 0.3) is 0 Å². The smallest absolute Gasteiger partial charge is 0.417 e. The number of nitro benzene ring substituents is 1. The number of hydrazine groups is 1. The van der Waals surface area contributed by atoms with E-state index >= 15 is 4.79 Å². The number of nitrogens with zero attached hydrogens (tertiary/aromatic N) is 4. The van der Waals surface area contributed by atoms with Gasteiger partial charge in [-0.05, 0) is 54.7 Å². The molecule has 4 aliphatic rings. The van der Waals surface area contributed by atoms with Crippen LogP contribution in [0.3, 0.4) is 0 Å². The lowest BCUT2D eigenvalue weighted by Crippen LogP contribution is -2.53. The number of allylic oxidation sites excluding steroid dienone is 2. The topological polar surface area (TPSA) is 182 Å². The number of imide groups is 2. The molecule has 0 radical (unpaired) electrons. The van der Waals surface area contributed by atoms with Crippen molar-refractivity contribution in [2.24, 2.45) is 23.7 Å². The molecular weight excluding hydrogens is 822 g/mol. The number of alkyl halides is 3.